The molecule has 2 heterocycles. The second-order valence-electron chi connectivity index (χ2n) is 7.51. The van der Waals surface area contributed by atoms with E-state index in [0.717, 1.165) is 16.6 Å². The Kier molecular flexibility index (Phi) is 6.32. The van der Waals surface area contributed by atoms with Crippen molar-refractivity contribution in [2.45, 2.75) is 27.3 Å². The molecule has 0 atom stereocenters. The number of nitrogens with zero attached hydrogens (tertiary/aromatic N) is 5. The molecule has 166 valence electrons. The molecule has 0 unspecified atom stereocenters. The number of rotatable bonds is 8. The quantitative estimate of drug-likeness (QED) is 0.451. The first-order valence-electron chi connectivity index (χ1n) is 10.6. The second kappa shape index (κ2) is 9.32. The molecule has 4 rings (SSSR count). The van der Waals surface area contributed by atoms with E-state index in [2.05, 4.69) is 10.2 Å². The molecular weight excluding hydrogens is 409 g/mol. The highest BCUT2D eigenvalue weighted by Gasteiger charge is 2.22. The summed E-state index contributed by atoms with van der Waals surface area (Å²) in [5.41, 5.74) is 3.49. The molecule has 8 heteroatoms. The summed E-state index contributed by atoms with van der Waals surface area (Å²) >= 11 is 0. The van der Waals surface area contributed by atoms with E-state index in [1.807, 2.05) is 56.0 Å². The van der Waals surface area contributed by atoms with Crippen LogP contribution in [0.1, 0.15) is 23.9 Å². The van der Waals surface area contributed by atoms with Gasteiger partial charge in [-0.15, -0.1) is 5.10 Å². The minimum atomic E-state index is -0.427. The Labute approximate surface area is 186 Å². The molecule has 0 fully saturated rings. The van der Waals surface area contributed by atoms with Crippen LogP contribution >= 0.6 is 0 Å². The summed E-state index contributed by atoms with van der Waals surface area (Å²) in [5.74, 6) is 0.598. The first kappa shape index (κ1) is 21.7. The maximum absolute atomic E-state index is 14.9. The Morgan fingerprint density at radius 1 is 1.09 bits per heavy atom. The van der Waals surface area contributed by atoms with Gasteiger partial charge in [0.25, 0.3) is 0 Å². The summed E-state index contributed by atoms with van der Waals surface area (Å²) in [4.78, 5) is 1.94. The van der Waals surface area contributed by atoms with Gasteiger partial charge in [0.2, 0.25) is 0 Å². The molecule has 0 radical (unpaired) electrons. The third kappa shape index (κ3) is 4.13. The lowest BCUT2D eigenvalue weighted by atomic mass is 10.2. The number of aromatic nitrogens is 4. The van der Waals surface area contributed by atoms with E-state index in [1.54, 1.807) is 16.8 Å². The fraction of sp³-hybridized carbons (Fsp3) is 0.292. The van der Waals surface area contributed by atoms with Crippen LogP contribution in [0.25, 0.3) is 16.6 Å². The van der Waals surface area contributed by atoms with E-state index in [1.165, 1.54) is 6.07 Å². The summed E-state index contributed by atoms with van der Waals surface area (Å²) in [7, 11) is 0. The van der Waals surface area contributed by atoms with E-state index in [0.29, 0.717) is 48.2 Å². The van der Waals surface area contributed by atoms with E-state index in [-0.39, 0.29) is 6.61 Å². The van der Waals surface area contributed by atoms with Crippen LogP contribution in [-0.4, -0.2) is 44.8 Å². The van der Waals surface area contributed by atoms with Crippen LogP contribution in [0.5, 0.6) is 5.75 Å². The topological polar surface area (TPSA) is 76.3 Å². The zero-order valence-electron chi connectivity index (χ0n) is 18.4. The maximum atomic E-state index is 14.9. The van der Waals surface area contributed by atoms with Crippen molar-refractivity contribution in [2.75, 3.05) is 24.7 Å². The average molecular weight is 436 g/mol. The van der Waals surface area contributed by atoms with Gasteiger partial charge in [-0.25, -0.2) is 9.07 Å². The van der Waals surface area contributed by atoms with Crippen molar-refractivity contribution < 1.29 is 14.2 Å². The van der Waals surface area contributed by atoms with Crippen molar-refractivity contribution in [1.29, 1.82) is 0 Å². The van der Waals surface area contributed by atoms with Gasteiger partial charge in [0, 0.05) is 19.2 Å². The predicted octanol–water partition coefficient (Wildman–Crippen LogP) is 3.97. The number of benzene rings is 2. The number of anilines is 1. The lowest BCUT2D eigenvalue weighted by Gasteiger charge is -2.22. The Morgan fingerprint density at radius 2 is 1.88 bits per heavy atom. The molecule has 1 N–H and O–H groups in total. The minimum Gasteiger partial charge on any atom is -0.494 e. The number of fused-ring (bicyclic) bond motifs is 1. The first-order valence-corrected chi connectivity index (χ1v) is 10.6. The van der Waals surface area contributed by atoms with Crippen LogP contribution in [0.3, 0.4) is 0 Å². The van der Waals surface area contributed by atoms with Crippen LogP contribution in [0, 0.1) is 19.7 Å². The van der Waals surface area contributed by atoms with Crippen molar-refractivity contribution in [1.82, 2.24) is 20.0 Å². The van der Waals surface area contributed by atoms with E-state index in [4.69, 9.17) is 9.84 Å². The van der Waals surface area contributed by atoms with Gasteiger partial charge in [0.15, 0.2) is 11.6 Å². The van der Waals surface area contributed by atoms with Crippen molar-refractivity contribution in [3.63, 3.8) is 0 Å². The van der Waals surface area contributed by atoms with Gasteiger partial charge in [0.1, 0.15) is 17.0 Å². The fourth-order valence-corrected chi connectivity index (χ4v) is 3.86. The molecule has 2 aromatic carbocycles. The van der Waals surface area contributed by atoms with E-state index >= 15 is 0 Å². The molecule has 0 bridgehead atoms. The molecule has 0 amide bonds. The summed E-state index contributed by atoms with van der Waals surface area (Å²) < 4.78 is 21.9. The number of hydrogen-bond acceptors (Lipinski definition) is 6. The molecule has 0 spiro atoms. The zero-order valence-corrected chi connectivity index (χ0v) is 18.4. The molecule has 0 aliphatic heterocycles. The van der Waals surface area contributed by atoms with Crippen LogP contribution in [0.4, 0.5) is 10.2 Å². The summed E-state index contributed by atoms with van der Waals surface area (Å²) in [6.07, 6.45) is 0. The highest BCUT2D eigenvalue weighted by Crippen LogP contribution is 2.31. The lowest BCUT2D eigenvalue weighted by molar-refractivity contribution is 0.301. The SMILES string of the molecule is CCOc1ccc(-n2nc3c(N(CCO)Cc4ccccc4)nnc(C)c3c2C)c(F)c1. The third-order valence-corrected chi connectivity index (χ3v) is 5.33. The number of halogens is 1. The lowest BCUT2D eigenvalue weighted by Crippen LogP contribution is -2.27. The van der Waals surface area contributed by atoms with Crippen molar-refractivity contribution in [3.8, 4) is 11.4 Å². The Morgan fingerprint density at radius 3 is 2.56 bits per heavy atom. The summed E-state index contributed by atoms with van der Waals surface area (Å²) in [6.45, 7) is 6.93. The number of ether oxygens (including phenoxy) is 1. The molecule has 32 heavy (non-hydrogen) atoms. The highest BCUT2D eigenvalue weighted by atomic mass is 19.1. The molecular formula is C24H26FN5O2. The van der Waals surface area contributed by atoms with Crippen LogP contribution in [0.2, 0.25) is 0 Å². The molecule has 0 saturated heterocycles. The van der Waals surface area contributed by atoms with Crippen molar-refractivity contribution in [3.05, 3.63) is 71.3 Å². The highest BCUT2D eigenvalue weighted by molar-refractivity contribution is 5.92. The fourth-order valence-electron chi connectivity index (χ4n) is 3.86. The predicted molar refractivity (Wildman–Crippen MR) is 122 cm³/mol. The number of hydrogen-bond donors (Lipinski definition) is 1. The average Bonchev–Trinajstić information content (AvgIpc) is 3.13. The smallest absolute Gasteiger partial charge is 0.180 e. The van der Waals surface area contributed by atoms with Crippen LogP contribution in [0.15, 0.2) is 48.5 Å². The van der Waals surface area contributed by atoms with Gasteiger partial charge < -0.3 is 14.7 Å². The molecule has 7 nitrogen and oxygen atoms in total. The molecule has 0 aliphatic rings. The Balaban J connectivity index is 1.83. The van der Waals surface area contributed by atoms with Crippen LogP contribution in [-0.2, 0) is 6.54 Å². The number of aliphatic hydroxyl groups excluding tert-OH is 1. The molecule has 4 aromatic rings. The molecule has 2 aromatic heterocycles. The van der Waals surface area contributed by atoms with E-state index in [9.17, 15) is 9.50 Å². The van der Waals surface area contributed by atoms with Gasteiger partial charge in [-0.3, -0.25) is 0 Å². The van der Waals surface area contributed by atoms with Gasteiger partial charge in [-0.05, 0) is 38.5 Å². The summed E-state index contributed by atoms with van der Waals surface area (Å²) in [5, 5.41) is 24.0. The minimum absolute atomic E-state index is 0.0446. The summed E-state index contributed by atoms with van der Waals surface area (Å²) in [6, 6.07) is 14.7. The Hall–Kier alpha value is -3.52. The number of aryl methyl sites for hydroxylation is 2. The van der Waals surface area contributed by atoms with Gasteiger partial charge in [-0.1, -0.05) is 30.3 Å². The maximum Gasteiger partial charge on any atom is 0.180 e. The first-order chi connectivity index (χ1) is 15.5. The third-order valence-electron chi connectivity index (χ3n) is 5.33. The van der Waals surface area contributed by atoms with E-state index < -0.39 is 5.82 Å². The second-order valence-corrected chi connectivity index (χ2v) is 7.51. The molecule has 0 aliphatic carbocycles. The van der Waals surface area contributed by atoms with Crippen LogP contribution < -0.4 is 9.64 Å². The number of aliphatic hydroxyl groups is 1. The van der Waals surface area contributed by atoms with Gasteiger partial charge >= 0.3 is 0 Å². The van der Waals surface area contributed by atoms with Gasteiger partial charge in [-0.2, -0.15) is 10.2 Å². The van der Waals surface area contributed by atoms with Crippen molar-refractivity contribution >= 4 is 16.7 Å². The normalized spacial score (nSPS) is 11.2. The van der Waals surface area contributed by atoms with Gasteiger partial charge in [0.05, 0.1) is 30.0 Å². The van der Waals surface area contributed by atoms with Crippen molar-refractivity contribution in [2.24, 2.45) is 0 Å². The Bertz CT molecular complexity index is 1230. The standard InChI is InChI=1S/C24H26FN5O2/c1-4-32-19-10-11-21(20(25)14-19)30-17(3)22-16(2)26-27-24(23(22)28-30)29(12-13-31)15-18-8-6-5-7-9-18/h5-11,14,31H,4,12-13,15H2,1-3H3. The largest absolute Gasteiger partial charge is 0.494 e. The zero-order chi connectivity index (χ0) is 22.7. The monoisotopic (exact) mass is 435 g/mol. The molecule has 0 saturated carbocycles.